The molecule has 1 aromatic carbocycles. The Hall–Kier alpha value is -3.72. The van der Waals surface area contributed by atoms with Crippen LogP contribution in [0.1, 0.15) is 45.6 Å². The third-order valence-electron chi connectivity index (χ3n) is 9.00. The van der Waals surface area contributed by atoms with Crippen molar-refractivity contribution in [2.45, 2.75) is 82.2 Å². The molecule has 13 nitrogen and oxygen atoms in total. The van der Waals surface area contributed by atoms with E-state index in [4.69, 9.17) is 35.3 Å². The average molecular weight is 696 g/mol. The van der Waals surface area contributed by atoms with Gasteiger partial charge in [-0.15, -0.1) is 0 Å². The molecule has 4 rings (SSSR count). The number of fused-ring (bicyclic) bond motifs is 5. The average Bonchev–Trinajstić information content (AvgIpc) is 3.73. The first kappa shape index (κ1) is 37.1. The van der Waals surface area contributed by atoms with Gasteiger partial charge in [-0.2, -0.15) is 0 Å². The van der Waals surface area contributed by atoms with E-state index in [0.717, 1.165) is 11.1 Å². The van der Waals surface area contributed by atoms with Crippen LogP contribution >= 0.6 is 11.6 Å². The van der Waals surface area contributed by atoms with E-state index in [1.54, 1.807) is 45.2 Å². The van der Waals surface area contributed by atoms with Crippen molar-refractivity contribution >= 4 is 41.2 Å². The number of hydrogen-bond acceptors (Lipinski definition) is 10. The number of aliphatic hydroxyl groups is 1. The van der Waals surface area contributed by atoms with Crippen molar-refractivity contribution in [3.8, 4) is 5.75 Å². The van der Waals surface area contributed by atoms with Crippen molar-refractivity contribution in [2.24, 2.45) is 5.92 Å². The monoisotopic (exact) mass is 695 g/mol. The highest BCUT2D eigenvalue weighted by Crippen LogP contribution is 2.49. The van der Waals surface area contributed by atoms with Crippen molar-refractivity contribution in [3.05, 3.63) is 46.5 Å². The molecule has 4 bridgehead atoms. The molecule has 1 aromatic rings. The van der Waals surface area contributed by atoms with Gasteiger partial charge in [0.2, 0.25) is 5.91 Å². The molecule has 0 spiro atoms. The summed E-state index contributed by atoms with van der Waals surface area (Å²) < 4.78 is 41.2. The topological polar surface area (TPSA) is 165 Å². The maximum Gasteiger partial charge on any atom is 0.409 e. The fourth-order valence-corrected chi connectivity index (χ4v) is 6.49. The second-order valence-corrected chi connectivity index (χ2v) is 12.9. The van der Waals surface area contributed by atoms with Crippen molar-refractivity contribution in [2.75, 3.05) is 39.4 Å². The van der Waals surface area contributed by atoms with Crippen molar-refractivity contribution in [1.82, 2.24) is 10.6 Å². The molecule has 3 aliphatic heterocycles. The molecule has 0 radical (unpaired) electrons. The number of halogens is 2. The van der Waals surface area contributed by atoms with E-state index in [1.807, 2.05) is 13.0 Å². The molecule has 2 saturated heterocycles. The highest BCUT2D eigenvalue weighted by atomic mass is 35.5. The van der Waals surface area contributed by atoms with Crippen LogP contribution in [0, 0.1) is 5.92 Å². The van der Waals surface area contributed by atoms with Gasteiger partial charge < -0.3 is 39.0 Å². The van der Waals surface area contributed by atoms with Crippen molar-refractivity contribution < 1.29 is 52.4 Å². The lowest BCUT2D eigenvalue weighted by Crippen LogP contribution is -2.63. The van der Waals surface area contributed by atoms with Crippen LogP contribution in [0.2, 0.25) is 5.02 Å². The van der Waals surface area contributed by atoms with Crippen molar-refractivity contribution in [3.63, 3.8) is 0 Å². The van der Waals surface area contributed by atoms with E-state index in [1.165, 1.54) is 19.1 Å². The fourth-order valence-electron chi connectivity index (χ4n) is 6.17. The number of hydrogen-bond donors (Lipinski definition) is 3. The molecule has 7 atom stereocenters. The molecule has 0 saturated carbocycles. The summed E-state index contributed by atoms with van der Waals surface area (Å²) in [6.07, 6.45) is 0.522. The highest BCUT2D eigenvalue weighted by Gasteiger charge is 2.64. The molecular weight excluding hydrogens is 653 g/mol. The lowest BCUT2D eigenvalue weighted by Gasteiger charge is -2.42. The number of nitrogens with one attached hydrogen (secondary N) is 2. The third kappa shape index (κ3) is 8.28. The molecule has 264 valence electrons. The standard InChI is InChI=1S/C33H43ClFN3O10/c1-18-8-7-9-24(45-6)33(43)16-23(46-31(42)37-33)19(2)30-32(3,48-30)25(47-28(41)10-11-36-26(39)17-35)15-27(40)38(4)21-13-20(12-18)14-22(44-5)29(21)34/h7-9,13-14,19,23-25,30,43H,10-12,15-17H2,1-6H3,(H,36,39)(H,37,42)/b9-7+,18-8+. The molecule has 0 aromatic heterocycles. The second-order valence-electron chi connectivity index (χ2n) is 12.5. The zero-order chi connectivity index (χ0) is 35.4. The SMILES string of the molecule is COc1cc2cc(c1Cl)N(C)C(=O)CC(OC(=O)CCNC(=O)CF)C1(C)OC1C(C)C1CC(O)(NC(=O)O1)C(OC)/C=C/C=C(\C)C2. The molecule has 0 aliphatic carbocycles. The summed E-state index contributed by atoms with van der Waals surface area (Å²) in [7, 11) is 4.43. The van der Waals surface area contributed by atoms with Gasteiger partial charge >= 0.3 is 12.1 Å². The van der Waals surface area contributed by atoms with Crippen LogP contribution in [0.3, 0.4) is 0 Å². The number of allylic oxidation sites excluding steroid dienone is 3. The number of carbonyl (C=O) groups is 4. The van der Waals surface area contributed by atoms with E-state index in [0.29, 0.717) is 17.9 Å². The van der Waals surface area contributed by atoms with Gasteiger partial charge in [0.25, 0.3) is 5.91 Å². The Bertz CT molecular complexity index is 1470. The molecule has 7 unspecified atom stereocenters. The second kappa shape index (κ2) is 15.2. The largest absolute Gasteiger partial charge is 0.495 e. The summed E-state index contributed by atoms with van der Waals surface area (Å²) in [6, 6.07) is 3.53. The fraction of sp³-hybridized carbons (Fsp3) is 0.576. The maximum atomic E-state index is 13.9. The molecule has 2 fully saturated rings. The minimum Gasteiger partial charge on any atom is -0.495 e. The van der Waals surface area contributed by atoms with E-state index in [9.17, 15) is 28.7 Å². The molecule has 3 N–H and O–H groups in total. The number of ether oxygens (including phenoxy) is 5. The van der Waals surface area contributed by atoms with E-state index < -0.39 is 72.2 Å². The molecular formula is C33H43ClFN3O10. The molecule has 3 aliphatic rings. The van der Waals surface area contributed by atoms with Crippen LogP contribution < -0.4 is 20.3 Å². The highest BCUT2D eigenvalue weighted by molar-refractivity contribution is 6.35. The molecule has 48 heavy (non-hydrogen) atoms. The number of methoxy groups -OCH3 is 2. The molecule has 3 amide bonds. The van der Waals surface area contributed by atoms with Crippen LogP contribution in [0.15, 0.2) is 35.9 Å². The van der Waals surface area contributed by atoms with Gasteiger partial charge in [-0.3, -0.25) is 19.7 Å². The summed E-state index contributed by atoms with van der Waals surface area (Å²) in [5, 5.41) is 16.6. The van der Waals surface area contributed by atoms with Crippen LogP contribution in [0.25, 0.3) is 0 Å². The first-order valence-electron chi connectivity index (χ1n) is 15.6. The Kier molecular flexibility index (Phi) is 11.8. The van der Waals surface area contributed by atoms with Gasteiger partial charge in [-0.05, 0) is 38.0 Å². The van der Waals surface area contributed by atoms with E-state index >= 15 is 0 Å². The van der Waals surface area contributed by atoms with Gasteiger partial charge in [-0.1, -0.05) is 42.3 Å². The quantitative estimate of drug-likeness (QED) is 0.285. The first-order valence-corrected chi connectivity index (χ1v) is 15.9. The smallest absolute Gasteiger partial charge is 0.409 e. The molecule has 3 heterocycles. The zero-order valence-electron chi connectivity index (χ0n) is 27.8. The lowest BCUT2D eigenvalue weighted by molar-refractivity contribution is -0.153. The van der Waals surface area contributed by atoms with Crippen LogP contribution in [0.4, 0.5) is 14.9 Å². The normalized spacial score (nSPS) is 32.5. The maximum absolute atomic E-state index is 13.9. The van der Waals surface area contributed by atoms with Crippen molar-refractivity contribution in [1.29, 1.82) is 0 Å². The number of carbonyl (C=O) groups excluding carboxylic acids is 4. The minimum atomic E-state index is -1.83. The predicted molar refractivity (Wildman–Crippen MR) is 172 cm³/mol. The Balaban J connectivity index is 1.74. The summed E-state index contributed by atoms with van der Waals surface area (Å²) in [5.41, 5.74) is -0.967. The van der Waals surface area contributed by atoms with Gasteiger partial charge in [0, 0.05) is 33.0 Å². The van der Waals surface area contributed by atoms with Gasteiger partial charge in [0.15, 0.2) is 12.4 Å². The summed E-state index contributed by atoms with van der Waals surface area (Å²) in [5.74, 6) is -2.27. The van der Waals surface area contributed by atoms with Gasteiger partial charge in [0.1, 0.15) is 34.7 Å². The van der Waals surface area contributed by atoms with Gasteiger partial charge in [-0.25, -0.2) is 9.18 Å². The summed E-state index contributed by atoms with van der Waals surface area (Å²) in [6.45, 7) is 3.94. The number of alkyl carbamates (subject to hydrolysis) is 1. The minimum absolute atomic E-state index is 0.0636. The third-order valence-corrected chi connectivity index (χ3v) is 9.38. The number of rotatable bonds is 7. The number of alkyl halides is 1. The van der Waals surface area contributed by atoms with Crippen LogP contribution in [-0.2, 0) is 39.8 Å². The number of esters is 1. The number of benzene rings is 1. The Labute approximate surface area is 283 Å². The number of epoxide rings is 1. The summed E-state index contributed by atoms with van der Waals surface area (Å²) >= 11 is 6.67. The van der Waals surface area contributed by atoms with Crippen LogP contribution in [-0.4, -0.2) is 99.2 Å². The molecule has 15 heteroatoms. The Morgan fingerprint density at radius 1 is 1.27 bits per heavy atom. The number of anilines is 1. The van der Waals surface area contributed by atoms with Crippen LogP contribution in [0.5, 0.6) is 5.75 Å². The zero-order valence-corrected chi connectivity index (χ0v) is 28.6. The predicted octanol–water partition coefficient (Wildman–Crippen LogP) is 3.14. The first-order chi connectivity index (χ1) is 22.6. The van der Waals surface area contributed by atoms with E-state index in [2.05, 4.69) is 10.6 Å². The number of amides is 3. The summed E-state index contributed by atoms with van der Waals surface area (Å²) in [4.78, 5) is 52.2. The van der Waals surface area contributed by atoms with Gasteiger partial charge in [0.05, 0.1) is 31.7 Å². The lowest BCUT2D eigenvalue weighted by atomic mass is 9.83. The number of nitrogens with zero attached hydrogens (tertiary/aromatic N) is 1. The Morgan fingerprint density at radius 2 is 2.00 bits per heavy atom. The Morgan fingerprint density at radius 3 is 2.67 bits per heavy atom. The van der Waals surface area contributed by atoms with E-state index in [-0.39, 0.29) is 30.8 Å².